The van der Waals surface area contributed by atoms with Crippen LogP contribution in [0.4, 0.5) is 0 Å². The molecule has 0 amide bonds. The standard InChI is InChI=1S/C19H32O6S/c1-2-3-4-8-14(21)12-26-19-15(16(22)11-17(19)23)10-13(20)7-5-6-9-18(24)25/h14-15,17,19,21,23H,2-12H2,1H3,(H,24,25)/t14?,15-,17+,19+/m0/s1. The SMILES string of the molecule is CCCCCC(O)CS[C@H]1[C@H](O)CC(=O)[C@@H]1CC(=O)CCCCC(=O)O. The molecule has 3 N–H and O–H groups in total. The van der Waals surface area contributed by atoms with Gasteiger partial charge < -0.3 is 15.3 Å². The van der Waals surface area contributed by atoms with E-state index in [1.165, 1.54) is 11.8 Å². The second kappa shape index (κ2) is 12.5. The second-order valence-corrected chi connectivity index (χ2v) is 8.35. The molecule has 4 atom stereocenters. The molecule has 1 aliphatic rings. The van der Waals surface area contributed by atoms with Crippen LogP contribution in [-0.4, -0.2) is 56.1 Å². The molecule has 1 saturated carbocycles. The lowest BCUT2D eigenvalue weighted by Gasteiger charge is -2.21. The van der Waals surface area contributed by atoms with Gasteiger partial charge in [-0.2, -0.15) is 11.8 Å². The average molecular weight is 389 g/mol. The van der Waals surface area contributed by atoms with Crippen LogP contribution in [0.3, 0.4) is 0 Å². The van der Waals surface area contributed by atoms with Crippen LogP contribution in [0.2, 0.25) is 0 Å². The minimum atomic E-state index is -0.875. The van der Waals surface area contributed by atoms with Crippen LogP contribution in [0.15, 0.2) is 0 Å². The van der Waals surface area contributed by atoms with E-state index in [2.05, 4.69) is 6.92 Å². The minimum absolute atomic E-state index is 0.0444. The molecule has 1 rings (SSSR count). The second-order valence-electron chi connectivity index (χ2n) is 7.14. The van der Waals surface area contributed by atoms with Crippen molar-refractivity contribution in [2.75, 3.05) is 5.75 Å². The Morgan fingerprint density at radius 2 is 1.88 bits per heavy atom. The Hall–Kier alpha value is -0.920. The van der Waals surface area contributed by atoms with Crippen molar-refractivity contribution in [3.8, 4) is 0 Å². The molecule has 1 aliphatic carbocycles. The Kier molecular flexibility index (Phi) is 11.1. The molecule has 0 bridgehead atoms. The molecule has 0 spiro atoms. The van der Waals surface area contributed by atoms with Gasteiger partial charge in [0.25, 0.3) is 0 Å². The quantitative estimate of drug-likeness (QED) is 0.392. The van der Waals surface area contributed by atoms with Gasteiger partial charge in [0.1, 0.15) is 11.6 Å². The van der Waals surface area contributed by atoms with Crippen molar-refractivity contribution in [2.24, 2.45) is 5.92 Å². The highest BCUT2D eigenvalue weighted by Gasteiger charge is 2.42. The molecule has 0 aromatic carbocycles. The molecule has 0 aliphatic heterocycles. The molecule has 6 nitrogen and oxygen atoms in total. The summed E-state index contributed by atoms with van der Waals surface area (Å²) in [5, 5.41) is 28.4. The van der Waals surface area contributed by atoms with E-state index in [1.807, 2.05) is 0 Å². The normalized spacial score (nSPS) is 24.0. The molecule has 0 heterocycles. The maximum absolute atomic E-state index is 12.1. The van der Waals surface area contributed by atoms with Crippen LogP contribution in [0.25, 0.3) is 0 Å². The van der Waals surface area contributed by atoms with Gasteiger partial charge in [-0.05, 0) is 19.3 Å². The first kappa shape index (κ1) is 23.1. The topological polar surface area (TPSA) is 112 Å². The smallest absolute Gasteiger partial charge is 0.303 e. The Morgan fingerprint density at radius 3 is 2.54 bits per heavy atom. The number of rotatable bonds is 14. The third kappa shape index (κ3) is 8.64. The van der Waals surface area contributed by atoms with Crippen LogP contribution in [-0.2, 0) is 14.4 Å². The lowest BCUT2D eigenvalue weighted by Crippen LogP contribution is -2.27. The maximum Gasteiger partial charge on any atom is 0.303 e. The van der Waals surface area contributed by atoms with Gasteiger partial charge in [0, 0.05) is 42.6 Å². The van der Waals surface area contributed by atoms with Gasteiger partial charge in [-0.3, -0.25) is 14.4 Å². The number of hydrogen-bond acceptors (Lipinski definition) is 6. The molecule has 0 aromatic heterocycles. The molecule has 0 aromatic rings. The molecular weight excluding hydrogens is 356 g/mol. The highest BCUT2D eigenvalue weighted by Crippen LogP contribution is 2.36. The molecule has 0 saturated heterocycles. The molecule has 26 heavy (non-hydrogen) atoms. The summed E-state index contributed by atoms with van der Waals surface area (Å²) in [7, 11) is 0. The summed E-state index contributed by atoms with van der Waals surface area (Å²) in [6, 6.07) is 0. The van der Waals surface area contributed by atoms with Crippen LogP contribution in [0, 0.1) is 5.92 Å². The van der Waals surface area contributed by atoms with E-state index in [-0.39, 0.29) is 42.5 Å². The lowest BCUT2D eigenvalue weighted by atomic mass is 9.97. The first-order valence-electron chi connectivity index (χ1n) is 9.59. The van der Waals surface area contributed by atoms with Crippen molar-refractivity contribution in [1.82, 2.24) is 0 Å². The number of carbonyl (C=O) groups is 3. The van der Waals surface area contributed by atoms with Gasteiger partial charge in [-0.15, -0.1) is 0 Å². The zero-order valence-corrected chi connectivity index (χ0v) is 16.4. The van der Waals surface area contributed by atoms with E-state index in [4.69, 9.17) is 5.11 Å². The number of aliphatic hydroxyl groups is 2. The molecule has 1 fully saturated rings. The van der Waals surface area contributed by atoms with Crippen molar-refractivity contribution >= 4 is 29.3 Å². The zero-order chi connectivity index (χ0) is 19.5. The number of carboxylic acids is 1. The van der Waals surface area contributed by atoms with Crippen LogP contribution >= 0.6 is 11.8 Å². The largest absolute Gasteiger partial charge is 0.481 e. The Labute approximate surface area is 159 Å². The van der Waals surface area contributed by atoms with Crippen molar-refractivity contribution in [2.45, 2.75) is 88.6 Å². The number of carboxylic acid groups (broad SMARTS) is 1. The fourth-order valence-electron chi connectivity index (χ4n) is 3.26. The highest BCUT2D eigenvalue weighted by molar-refractivity contribution is 8.00. The Morgan fingerprint density at radius 1 is 1.19 bits per heavy atom. The van der Waals surface area contributed by atoms with E-state index in [9.17, 15) is 24.6 Å². The molecule has 7 heteroatoms. The zero-order valence-electron chi connectivity index (χ0n) is 15.6. The number of hydrogen-bond donors (Lipinski definition) is 3. The average Bonchev–Trinajstić information content (AvgIpc) is 2.83. The summed E-state index contributed by atoms with van der Waals surface area (Å²) in [5.74, 6) is -1.06. The summed E-state index contributed by atoms with van der Waals surface area (Å²) in [5.41, 5.74) is 0. The first-order valence-corrected chi connectivity index (χ1v) is 10.6. The summed E-state index contributed by atoms with van der Waals surface area (Å²) >= 11 is 1.39. The number of aliphatic hydroxyl groups excluding tert-OH is 2. The minimum Gasteiger partial charge on any atom is -0.481 e. The summed E-state index contributed by atoms with van der Waals surface area (Å²) in [6.07, 6.45) is 4.06. The lowest BCUT2D eigenvalue weighted by molar-refractivity contribution is -0.137. The van der Waals surface area contributed by atoms with Crippen molar-refractivity contribution in [3.63, 3.8) is 0 Å². The van der Waals surface area contributed by atoms with Gasteiger partial charge in [0.2, 0.25) is 0 Å². The van der Waals surface area contributed by atoms with Crippen LogP contribution < -0.4 is 0 Å². The number of unbranched alkanes of at least 4 members (excludes halogenated alkanes) is 3. The Balaban J connectivity index is 2.42. The van der Waals surface area contributed by atoms with E-state index in [0.717, 1.165) is 19.3 Å². The van der Waals surface area contributed by atoms with Gasteiger partial charge in [-0.1, -0.05) is 26.2 Å². The molecule has 150 valence electrons. The summed E-state index contributed by atoms with van der Waals surface area (Å²) in [6.45, 7) is 2.10. The number of carbonyl (C=O) groups excluding carboxylic acids is 2. The van der Waals surface area contributed by atoms with Gasteiger partial charge in [0.15, 0.2) is 0 Å². The monoisotopic (exact) mass is 388 g/mol. The van der Waals surface area contributed by atoms with Crippen molar-refractivity contribution in [1.29, 1.82) is 0 Å². The third-order valence-corrected chi connectivity index (χ3v) is 6.37. The summed E-state index contributed by atoms with van der Waals surface area (Å²) in [4.78, 5) is 34.7. The van der Waals surface area contributed by atoms with E-state index in [1.54, 1.807) is 0 Å². The van der Waals surface area contributed by atoms with Crippen LogP contribution in [0.1, 0.15) is 71.1 Å². The number of aliphatic carboxylic acids is 1. The van der Waals surface area contributed by atoms with Crippen molar-refractivity contribution in [3.05, 3.63) is 0 Å². The van der Waals surface area contributed by atoms with Crippen molar-refractivity contribution < 1.29 is 29.7 Å². The van der Waals surface area contributed by atoms with E-state index < -0.39 is 24.1 Å². The Bertz CT molecular complexity index is 467. The first-order chi connectivity index (χ1) is 12.3. The fraction of sp³-hybridized carbons (Fsp3) is 0.842. The molecule has 1 unspecified atom stereocenters. The van der Waals surface area contributed by atoms with Gasteiger partial charge in [0.05, 0.1) is 12.2 Å². The summed E-state index contributed by atoms with van der Waals surface area (Å²) < 4.78 is 0. The van der Waals surface area contributed by atoms with Gasteiger partial charge >= 0.3 is 5.97 Å². The predicted molar refractivity (Wildman–Crippen MR) is 101 cm³/mol. The third-order valence-electron chi connectivity index (χ3n) is 4.77. The number of ketones is 2. The number of thioether (sulfide) groups is 1. The van der Waals surface area contributed by atoms with E-state index in [0.29, 0.717) is 25.0 Å². The maximum atomic E-state index is 12.1. The predicted octanol–water partition coefficient (Wildman–Crippen LogP) is 2.58. The fourth-order valence-corrected chi connectivity index (χ4v) is 4.67. The molecule has 0 radical (unpaired) electrons. The highest BCUT2D eigenvalue weighted by atomic mass is 32.2. The molecular formula is C19H32O6S. The number of Topliss-reactive ketones (excluding diaryl/α,β-unsaturated/α-hetero) is 2. The van der Waals surface area contributed by atoms with Crippen LogP contribution in [0.5, 0.6) is 0 Å². The van der Waals surface area contributed by atoms with Gasteiger partial charge in [-0.25, -0.2) is 0 Å². The van der Waals surface area contributed by atoms with E-state index >= 15 is 0 Å².